The molecule has 8 bridgehead atoms. The first-order chi connectivity index (χ1) is 51.9. The number of carbonyl (C=O) groups excluding carboxylic acids is 8. The number of likely N-dealkylation sites (N-methyl/N-ethyl adjacent to an activating group) is 2. The van der Waals surface area contributed by atoms with Gasteiger partial charge in [0.2, 0.25) is 47.3 Å². The first-order valence-electron chi connectivity index (χ1n) is 36.7. The Hall–Kier alpha value is -11.1. The molecule has 6 aromatic carbocycles. The third-order valence-electron chi connectivity index (χ3n) is 20.2. The van der Waals surface area contributed by atoms with Crippen molar-refractivity contribution in [2.75, 3.05) is 40.4 Å². The summed E-state index contributed by atoms with van der Waals surface area (Å²) in [6.45, 7) is 13.8. The average Bonchev–Trinajstić information content (AvgIpc) is 1.65. The van der Waals surface area contributed by atoms with Gasteiger partial charge in [-0.05, 0) is 119 Å². The number of fused-ring (bicyclic) bond motifs is 2. The molecule has 109 heavy (non-hydrogen) atoms. The number of carboxylic acids is 2. The summed E-state index contributed by atoms with van der Waals surface area (Å²) in [4.78, 5) is 147. The molecule has 0 spiro atoms. The Morgan fingerprint density at radius 3 is 1.52 bits per heavy atom. The van der Waals surface area contributed by atoms with E-state index in [-0.39, 0.29) is 71.4 Å². The fourth-order valence-corrected chi connectivity index (χ4v) is 13.6. The molecule has 28 heteroatoms. The van der Waals surface area contributed by atoms with Crippen LogP contribution in [0.5, 0.6) is 11.5 Å². The zero-order valence-electron chi connectivity index (χ0n) is 63.1. The van der Waals surface area contributed by atoms with Crippen LogP contribution in [0.15, 0.2) is 152 Å². The summed E-state index contributed by atoms with van der Waals surface area (Å²) in [7, 11) is 3.22. The maximum absolute atomic E-state index is 15.5. The maximum Gasteiger partial charge on any atom is 0.326 e. The van der Waals surface area contributed by atoms with Gasteiger partial charge < -0.3 is 76.8 Å². The summed E-state index contributed by atoms with van der Waals surface area (Å²) < 4.78 is 20.0. The van der Waals surface area contributed by atoms with E-state index in [1.54, 1.807) is 136 Å². The van der Waals surface area contributed by atoms with Crippen LogP contribution >= 0.6 is 0 Å². The molecule has 28 nitrogen and oxygen atoms in total. The molecular weight excluding hydrogens is 1390 g/mol. The van der Waals surface area contributed by atoms with Crippen LogP contribution in [0.1, 0.15) is 102 Å². The van der Waals surface area contributed by atoms with Crippen molar-refractivity contribution in [2.24, 2.45) is 10.8 Å². The van der Waals surface area contributed by atoms with Gasteiger partial charge in [0.25, 0.3) is 0 Å². The van der Waals surface area contributed by atoms with E-state index in [2.05, 4.69) is 52.8 Å². The van der Waals surface area contributed by atoms with Gasteiger partial charge >= 0.3 is 11.9 Å². The van der Waals surface area contributed by atoms with Crippen molar-refractivity contribution in [1.82, 2.24) is 67.3 Å². The number of carbonyl (C=O) groups is 10. The summed E-state index contributed by atoms with van der Waals surface area (Å²) in [5.41, 5.74) is 0.835. The largest absolute Gasteiger partial charge is 0.490 e. The number of amides is 8. The molecule has 2 fully saturated rings. The molecule has 12 atom stereocenters. The van der Waals surface area contributed by atoms with Crippen LogP contribution in [0.4, 0.5) is 0 Å². The number of nitrogens with zero attached hydrogens (tertiary/aromatic N) is 5. The van der Waals surface area contributed by atoms with Gasteiger partial charge in [0.1, 0.15) is 78.7 Å². The van der Waals surface area contributed by atoms with E-state index in [9.17, 15) is 39.0 Å². The number of aliphatic carboxylic acids is 2. The minimum Gasteiger partial charge on any atom is -0.490 e. The Bertz CT molecular complexity index is 4480. The summed E-state index contributed by atoms with van der Waals surface area (Å²) in [6, 6.07) is 26.4. The molecule has 0 aliphatic carbocycles. The Kier molecular flexibility index (Phi) is 26.4. The Morgan fingerprint density at radius 1 is 0.569 bits per heavy atom. The highest BCUT2D eigenvalue weighted by Crippen LogP contribution is 2.34. The molecule has 7 heterocycles. The van der Waals surface area contributed by atoms with Gasteiger partial charge in [-0.15, -0.1) is 5.10 Å². The smallest absolute Gasteiger partial charge is 0.326 e. The van der Waals surface area contributed by atoms with E-state index in [1.807, 2.05) is 84.9 Å². The number of benzene rings is 6. The third-order valence-corrected chi connectivity index (χ3v) is 20.2. The van der Waals surface area contributed by atoms with Gasteiger partial charge in [0.05, 0.1) is 37.0 Å². The lowest BCUT2D eigenvalue weighted by molar-refractivity contribution is -0.145. The minimum atomic E-state index is -1.52. The zero-order valence-corrected chi connectivity index (χ0v) is 63.1. The van der Waals surface area contributed by atoms with Crippen LogP contribution < -0.4 is 52.0 Å². The van der Waals surface area contributed by atoms with Crippen molar-refractivity contribution >= 4 is 80.7 Å². The first-order valence-corrected chi connectivity index (χ1v) is 36.7. The SMILES string of the molecule is CN[C@@H](C)C(=O)N[C@H](C(=O)N1CCC2[C@H]1C(=O)N[C@@H](Cc1ccc3ccccc3c1)C(=O)N[C@H](C(=O)O)Cc1ccc(cc1)OCC=CCO[C@H]1C[C@@H](C(=O)N[C@@H](Cc3ccc4ccccc4c3)C(=O)N[C@H](C(=O)O)Cc3ccc(cc3)OCc3cn2nn3)N(C(=O)[C@@H](NC(=O)[C@H](C)NC)C(C)(C)C)C1)C(C)(C)C. The lowest BCUT2D eigenvalue weighted by Crippen LogP contribution is -2.61. The van der Waals surface area contributed by atoms with Crippen LogP contribution in [0.25, 0.3) is 21.5 Å². The normalized spacial score (nSPS) is 22.0. The number of hydrogen-bond donors (Lipinski definition) is 10. The Balaban J connectivity index is 0.971. The summed E-state index contributed by atoms with van der Waals surface area (Å²) in [5, 5.41) is 56.7. The maximum atomic E-state index is 15.5. The number of likely N-dealkylation sites (tertiary alicyclic amines) is 2. The average molecular weight is 1490 g/mol. The lowest BCUT2D eigenvalue weighted by Gasteiger charge is -2.37. The van der Waals surface area contributed by atoms with Crippen molar-refractivity contribution in [3.8, 4) is 11.5 Å². The second-order valence-electron chi connectivity index (χ2n) is 30.3. The fraction of sp³-hybridized carbons (Fsp3) is 0.432. The fourth-order valence-electron chi connectivity index (χ4n) is 13.6. The van der Waals surface area contributed by atoms with E-state index in [4.69, 9.17) is 14.2 Å². The topological polar surface area (TPSA) is 372 Å². The van der Waals surface area contributed by atoms with Crippen LogP contribution in [0.3, 0.4) is 0 Å². The lowest BCUT2D eigenvalue weighted by atomic mass is 9.85. The molecule has 1 aromatic heterocycles. The number of ether oxygens (including phenoxy) is 3. The Morgan fingerprint density at radius 2 is 1.04 bits per heavy atom. The molecule has 13 rings (SSSR count). The number of aromatic nitrogens is 3. The molecule has 0 radical (unpaired) electrons. The molecule has 2 saturated heterocycles. The van der Waals surface area contributed by atoms with Crippen molar-refractivity contribution < 1.29 is 72.4 Å². The van der Waals surface area contributed by atoms with Crippen LogP contribution in [-0.2, 0) is 85.0 Å². The number of hydrogen-bond acceptors (Lipinski definition) is 17. The highest BCUT2D eigenvalue weighted by Gasteiger charge is 2.50. The number of rotatable bonds is 14. The summed E-state index contributed by atoms with van der Waals surface area (Å²) >= 11 is 0. The minimum absolute atomic E-state index is 0.000855. The molecule has 6 aliphatic heterocycles. The van der Waals surface area contributed by atoms with E-state index < -0.39 is 143 Å². The zero-order chi connectivity index (χ0) is 78.4. The van der Waals surface area contributed by atoms with Crippen LogP contribution in [0, 0.1) is 10.8 Å². The molecule has 578 valence electrons. The van der Waals surface area contributed by atoms with Crippen molar-refractivity contribution in [3.63, 3.8) is 0 Å². The second-order valence-corrected chi connectivity index (χ2v) is 30.3. The number of nitrogens with one attached hydrogen (secondary N) is 8. The standard InChI is InChI=1S/C81H99N13O15/c1-47(82-9)70(95)88-68(80(3,4)5)76(101)92-34-33-65-67(92)75(100)85-62(42-52-22-28-54-18-12-14-20-56(54)38-52)73(98)87-64(79(105)106)39-49-23-29-58(30-24-49)107-35-15-16-36-108-60-43-66(93(45-60)77(102)69(81(6,7)8)89-71(96)48(2)83-10)74(99)84-61(41-51-21-27-53-17-11-13-19-55(53)37-51)72(97)86-63(78(103)104)40-50-25-31-59(32-26-50)109-46-57-44-94(65)91-90-57/h11-32,37-38,44,47-48,60-69,82-83H,33-36,39-43,45-46H2,1-10H3,(H,84,99)(H,85,100)(H,86,97)(H,87,98)(H,88,95)(H,89,96)(H,103,104)(H,105,106)/t47-,48-,60-,61-,62-,63-,64-,65?,66-,67-,68+,69+/m0/s1. The van der Waals surface area contributed by atoms with E-state index in [0.29, 0.717) is 39.4 Å². The van der Waals surface area contributed by atoms with Gasteiger partial charge in [-0.25, -0.2) is 14.3 Å². The molecule has 8 amide bonds. The van der Waals surface area contributed by atoms with Crippen molar-refractivity contribution in [1.29, 1.82) is 0 Å². The van der Waals surface area contributed by atoms with Crippen LogP contribution in [-0.4, -0.2) is 201 Å². The van der Waals surface area contributed by atoms with Gasteiger partial charge in [-0.3, -0.25) is 38.4 Å². The van der Waals surface area contributed by atoms with E-state index in [1.165, 1.54) is 14.5 Å². The molecular formula is C81H99N13O15. The highest BCUT2D eigenvalue weighted by atomic mass is 16.5. The quantitative estimate of drug-likeness (QED) is 0.0647. The predicted octanol–water partition coefficient (Wildman–Crippen LogP) is 4.90. The van der Waals surface area contributed by atoms with E-state index in [0.717, 1.165) is 21.5 Å². The molecule has 1 unspecified atom stereocenters. The molecule has 10 N–H and O–H groups in total. The van der Waals surface area contributed by atoms with E-state index >= 15 is 19.2 Å². The van der Waals surface area contributed by atoms with Gasteiger partial charge in [-0.2, -0.15) is 0 Å². The predicted molar refractivity (Wildman–Crippen MR) is 406 cm³/mol. The van der Waals surface area contributed by atoms with Gasteiger partial charge in [-0.1, -0.05) is 162 Å². The summed E-state index contributed by atoms with van der Waals surface area (Å²) in [6.07, 6.45) is 3.79. The molecule has 6 aliphatic rings. The third kappa shape index (κ3) is 20.8. The van der Waals surface area contributed by atoms with Crippen LogP contribution in [0.2, 0.25) is 0 Å². The molecule has 7 aromatic rings. The Labute approximate surface area is 633 Å². The molecule has 0 saturated carbocycles. The second kappa shape index (κ2) is 35.7. The number of carboxylic acid groups (broad SMARTS) is 2. The van der Waals surface area contributed by atoms with Gasteiger partial charge in [0, 0.05) is 45.2 Å². The highest BCUT2D eigenvalue weighted by molar-refractivity contribution is 5.98. The van der Waals surface area contributed by atoms with Gasteiger partial charge in [0.15, 0.2) is 0 Å². The first kappa shape index (κ1) is 80.4. The van der Waals surface area contributed by atoms with Crippen molar-refractivity contribution in [3.05, 3.63) is 180 Å². The van der Waals surface area contributed by atoms with Crippen molar-refractivity contribution in [2.45, 2.75) is 173 Å². The monoisotopic (exact) mass is 1490 g/mol. The summed E-state index contributed by atoms with van der Waals surface area (Å²) in [5.74, 6) is -7.15.